The topological polar surface area (TPSA) is 78.6 Å². The highest BCUT2D eigenvalue weighted by Gasteiger charge is 2.34. The summed E-state index contributed by atoms with van der Waals surface area (Å²) < 4.78 is 11.5. The molecule has 1 aliphatic rings. The normalized spacial score (nSPS) is 14.3. The number of hydrogen-bond donors (Lipinski definition) is 1. The van der Waals surface area contributed by atoms with Gasteiger partial charge in [0.25, 0.3) is 0 Å². The molecular weight excluding hydrogens is 318 g/mol. The van der Waals surface area contributed by atoms with Crippen LogP contribution in [0.15, 0.2) is 11.6 Å². The molecule has 0 saturated carbocycles. The maximum Gasteiger partial charge on any atom is 0.308 e. The van der Waals surface area contributed by atoms with E-state index in [1.54, 1.807) is 6.08 Å². The highest BCUT2D eigenvalue weighted by Crippen LogP contribution is 2.47. The summed E-state index contributed by atoms with van der Waals surface area (Å²) in [4.78, 5) is 23.4. The van der Waals surface area contributed by atoms with E-state index in [2.05, 4.69) is 20.8 Å². The summed E-state index contributed by atoms with van der Waals surface area (Å²) in [5, 5.41) is 0. The number of primary amides is 1. The highest BCUT2D eigenvalue weighted by atomic mass is 16.5. The Morgan fingerprint density at radius 2 is 1.72 bits per heavy atom. The van der Waals surface area contributed by atoms with Crippen molar-refractivity contribution in [3.05, 3.63) is 28.3 Å². The molecule has 25 heavy (non-hydrogen) atoms. The summed E-state index contributed by atoms with van der Waals surface area (Å²) in [7, 11) is 0. The summed E-state index contributed by atoms with van der Waals surface area (Å²) in [6.07, 6.45) is 1.75. The van der Waals surface area contributed by atoms with Crippen LogP contribution in [0.4, 0.5) is 0 Å². The van der Waals surface area contributed by atoms with Crippen LogP contribution in [-0.4, -0.2) is 18.5 Å². The van der Waals surface area contributed by atoms with E-state index in [4.69, 9.17) is 15.2 Å². The van der Waals surface area contributed by atoms with Crippen molar-refractivity contribution in [2.45, 2.75) is 59.3 Å². The van der Waals surface area contributed by atoms with Crippen molar-refractivity contribution in [2.75, 3.05) is 6.61 Å². The smallest absolute Gasteiger partial charge is 0.308 e. The summed E-state index contributed by atoms with van der Waals surface area (Å²) in [5.41, 5.74) is 7.71. The summed E-state index contributed by atoms with van der Waals surface area (Å²) in [6.45, 7) is 13.8. The quantitative estimate of drug-likeness (QED) is 0.657. The number of rotatable bonds is 2. The fourth-order valence-electron chi connectivity index (χ4n) is 2.98. The predicted octanol–water partition coefficient (Wildman–Crippen LogP) is 3.47. The second-order valence-corrected chi connectivity index (χ2v) is 8.46. The van der Waals surface area contributed by atoms with Gasteiger partial charge in [-0.3, -0.25) is 9.59 Å². The van der Waals surface area contributed by atoms with Gasteiger partial charge in [-0.15, -0.1) is 0 Å². The molecule has 0 aromatic heterocycles. The monoisotopic (exact) mass is 345 g/mol. The Labute approximate surface area is 149 Å². The van der Waals surface area contributed by atoms with Gasteiger partial charge in [0.05, 0.1) is 5.57 Å². The van der Waals surface area contributed by atoms with Gasteiger partial charge in [-0.1, -0.05) is 41.5 Å². The highest BCUT2D eigenvalue weighted by molar-refractivity contribution is 5.98. The Morgan fingerprint density at radius 3 is 2.16 bits per heavy atom. The number of fused-ring (bicyclic) bond motifs is 1. The average molecular weight is 345 g/mol. The Hall–Kier alpha value is -2.30. The van der Waals surface area contributed by atoms with E-state index >= 15 is 0 Å². The van der Waals surface area contributed by atoms with Crippen LogP contribution in [0.2, 0.25) is 0 Å². The van der Waals surface area contributed by atoms with Gasteiger partial charge in [-0.05, 0) is 23.0 Å². The summed E-state index contributed by atoms with van der Waals surface area (Å²) in [5.74, 6) is 0.318. The lowest BCUT2D eigenvalue weighted by atomic mass is 9.76. The van der Waals surface area contributed by atoms with Crippen LogP contribution in [0.5, 0.6) is 11.5 Å². The zero-order valence-electron chi connectivity index (χ0n) is 16.1. The summed E-state index contributed by atoms with van der Waals surface area (Å²) in [6, 6.07) is 1.90. The molecular formula is C20H27NO4. The molecule has 0 aliphatic carbocycles. The van der Waals surface area contributed by atoms with Crippen LogP contribution < -0.4 is 15.2 Å². The summed E-state index contributed by atoms with van der Waals surface area (Å²) >= 11 is 0. The average Bonchev–Trinajstić information content (AvgIpc) is 2.42. The van der Waals surface area contributed by atoms with Crippen LogP contribution in [-0.2, 0) is 20.4 Å². The number of esters is 1. The maximum absolute atomic E-state index is 11.8. The Morgan fingerprint density at radius 1 is 1.12 bits per heavy atom. The molecule has 1 heterocycles. The molecule has 5 heteroatoms. The van der Waals surface area contributed by atoms with Crippen LogP contribution >= 0.6 is 0 Å². The van der Waals surface area contributed by atoms with Crippen LogP contribution in [0.3, 0.4) is 0 Å². The number of nitrogens with two attached hydrogens (primary N) is 1. The van der Waals surface area contributed by atoms with E-state index in [1.165, 1.54) is 6.92 Å². The van der Waals surface area contributed by atoms with Crippen molar-refractivity contribution in [1.82, 2.24) is 0 Å². The van der Waals surface area contributed by atoms with E-state index in [1.807, 2.05) is 26.8 Å². The van der Waals surface area contributed by atoms with Gasteiger partial charge in [0.1, 0.15) is 18.1 Å². The molecule has 0 atom stereocenters. The number of benzene rings is 1. The lowest BCUT2D eigenvalue weighted by molar-refractivity contribution is -0.132. The molecule has 0 spiro atoms. The second-order valence-electron chi connectivity index (χ2n) is 8.46. The minimum atomic E-state index is -0.514. The molecule has 0 radical (unpaired) electrons. The molecule has 5 nitrogen and oxygen atoms in total. The molecule has 0 bridgehead atoms. The molecule has 2 N–H and O–H groups in total. The third-order valence-electron chi connectivity index (χ3n) is 4.10. The largest absolute Gasteiger partial charge is 0.488 e. The molecule has 0 fully saturated rings. The van der Waals surface area contributed by atoms with Gasteiger partial charge in [-0.25, -0.2) is 0 Å². The second kappa shape index (κ2) is 6.21. The van der Waals surface area contributed by atoms with Gasteiger partial charge >= 0.3 is 5.97 Å². The van der Waals surface area contributed by atoms with Crippen molar-refractivity contribution in [3.63, 3.8) is 0 Å². The van der Waals surface area contributed by atoms with E-state index in [-0.39, 0.29) is 23.4 Å². The van der Waals surface area contributed by atoms with Crippen molar-refractivity contribution in [2.24, 2.45) is 5.73 Å². The van der Waals surface area contributed by atoms with Crippen molar-refractivity contribution < 1.29 is 19.1 Å². The van der Waals surface area contributed by atoms with Gasteiger partial charge in [0, 0.05) is 23.6 Å². The fourth-order valence-corrected chi connectivity index (χ4v) is 2.98. The molecule has 0 saturated heterocycles. The Bertz CT molecular complexity index is 761. The van der Waals surface area contributed by atoms with E-state index in [0.717, 1.165) is 16.7 Å². The van der Waals surface area contributed by atoms with Crippen molar-refractivity contribution in [1.29, 1.82) is 0 Å². The molecule has 1 aromatic carbocycles. The number of carbonyl (C=O) groups is 2. The van der Waals surface area contributed by atoms with Gasteiger partial charge in [0.2, 0.25) is 5.91 Å². The zero-order valence-corrected chi connectivity index (χ0v) is 16.1. The van der Waals surface area contributed by atoms with Gasteiger partial charge in [-0.2, -0.15) is 0 Å². The number of carbonyl (C=O) groups excluding carboxylic acids is 2. The van der Waals surface area contributed by atoms with E-state index in [9.17, 15) is 9.59 Å². The predicted molar refractivity (Wildman–Crippen MR) is 97.8 cm³/mol. The number of hydrogen-bond acceptors (Lipinski definition) is 4. The van der Waals surface area contributed by atoms with Gasteiger partial charge in [0.15, 0.2) is 0 Å². The molecule has 1 aliphatic heterocycles. The van der Waals surface area contributed by atoms with E-state index < -0.39 is 5.91 Å². The Balaban J connectivity index is 2.91. The first-order chi connectivity index (χ1) is 11.3. The Kier molecular flexibility index (Phi) is 4.73. The maximum atomic E-state index is 11.8. The lowest BCUT2D eigenvalue weighted by Crippen LogP contribution is -2.26. The first-order valence-electron chi connectivity index (χ1n) is 8.36. The minimum absolute atomic E-state index is 0.141. The minimum Gasteiger partial charge on any atom is -0.488 e. The molecule has 136 valence electrons. The molecule has 2 rings (SSSR count). The molecule has 1 amide bonds. The third-order valence-corrected chi connectivity index (χ3v) is 4.10. The zero-order chi connectivity index (χ0) is 19.2. The van der Waals surface area contributed by atoms with E-state index in [0.29, 0.717) is 17.1 Å². The first kappa shape index (κ1) is 19.0. The van der Waals surface area contributed by atoms with Crippen LogP contribution in [0, 0.1) is 0 Å². The van der Waals surface area contributed by atoms with Gasteiger partial charge < -0.3 is 15.2 Å². The fraction of sp³-hybridized carbons (Fsp3) is 0.500. The number of amides is 1. The van der Waals surface area contributed by atoms with Crippen molar-refractivity contribution in [3.8, 4) is 11.5 Å². The molecule has 1 aromatic rings. The standard InChI is InChI=1S/C20H27NO4/c1-11(22)25-17-14(19(2,3)4)9-15-13(16(17)20(5,6)7)8-12(10-24-15)18(21)23/h8-9H,10H2,1-7H3,(H2,21,23). The van der Waals surface area contributed by atoms with Crippen molar-refractivity contribution >= 4 is 18.0 Å². The number of ether oxygens (including phenoxy) is 2. The SMILES string of the molecule is CC(=O)Oc1c(C(C)(C)C)cc2c(c1C(C)(C)C)C=C(C(N)=O)CO2. The first-order valence-corrected chi connectivity index (χ1v) is 8.36. The third kappa shape index (κ3) is 3.86. The molecule has 0 unspecified atom stereocenters. The van der Waals surface area contributed by atoms with Crippen LogP contribution in [0.1, 0.15) is 65.2 Å². The lowest BCUT2D eigenvalue weighted by Gasteiger charge is -2.33. The van der Waals surface area contributed by atoms with Crippen LogP contribution in [0.25, 0.3) is 6.08 Å².